The van der Waals surface area contributed by atoms with Gasteiger partial charge in [0.25, 0.3) is 17.2 Å². The van der Waals surface area contributed by atoms with Crippen LogP contribution in [0.5, 0.6) is 0 Å². The van der Waals surface area contributed by atoms with Crippen molar-refractivity contribution >= 4 is 11.7 Å². The maximum absolute atomic E-state index is 12.4. The van der Waals surface area contributed by atoms with Gasteiger partial charge in [0.2, 0.25) is 0 Å². The smallest absolute Gasteiger partial charge is 0.286 e. The maximum Gasteiger partial charge on any atom is 0.286 e. The zero-order chi connectivity index (χ0) is 18.1. The molecule has 0 saturated heterocycles. The number of nitrogens with zero attached hydrogens (tertiary/aromatic N) is 6. The van der Waals surface area contributed by atoms with Gasteiger partial charge in [-0.3, -0.25) is 14.7 Å². The molecule has 10 nitrogen and oxygen atoms in total. The van der Waals surface area contributed by atoms with E-state index in [-0.39, 0.29) is 17.4 Å². The summed E-state index contributed by atoms with van der Waals surface area (Å²) >= 11 is 0. The van der Waals surface area contributed by atoms with Crippen LogP contribution in [0.1, 0.15) is 28.9 Å². The third-order valence-corrected chi connectivity index (χ3v) is 3.98. The molecule has 1 atom stereocenters. The van der Waals surface area contributed by atoms with Gasteiger partial charge in [0, 0.05) is 6.20 Å². The van der Waals surface area contributed by atoms with E-state index in [1.165, 1.54) is 18.9 Å². The fraction of sp³-hybridized carbons (Fsp3) is 0.125. The average molecular weight is 350 g/mol. The standard InChI is InChI=1S/C16H14N8O2/c1-10(11-2-4-12(5-3-11)23-9-17-7-20-23)22-14(25)13-6-18-16-19-8-21-24(16)15(13)26/h2-10H,1H3,(H,22,25)(H,18,19,21)/t10-/m1/s1. The largest absolute Gasteiger partial charge is 0.345 e. The van der Waals surface area contributed by atoms with Gasteiger partial charge in [0.1, 0.15) is 24.5 Å². The van der Waals surface area contributed by atoms with Gasteiger partial charge in [0.05, 0.1) is 11.7 Å². The second-order valence-corrected chi connectivity index (χ2v) is 5.63. The molecule has 0 aliphatic rings. The molecule has 0 radical (unpaired) electrons. The van der Waals surface area contributed by atoms with Crippen LogP contribution in [0.2, 0.25) is 0 Å². The zero-order valence-corrected chi connectivity index (χ0v) is 13.7. The predicted molar refractivity (Wildman–Crippen MR) is 90.8 cm³/mol. The molecule has 0 saturated carbocycles. The first-order chi connectivity index (χ1) is 12.6. The Morgan fingerprint density at radius 2 is 2.04 bits per heavy atom. The monoisotopic (exact) mass is 350 g/mol. The third kappa shape index (κ3) is 2.73. The Balaban J connectivity index is 1.53. The first-order valence-corrected chi connectivity index (χ1v) is 7.80. The van der Waals surface area contributed by atoms with Crippen LogP contribution in [0.4, 0.5) is 0 Å². The summed E-state index contributed by atoms with van der Waals surface area (Å²) in [6.45, 7) is 1.84. The number of carbonyl (C=O) groups is 1. The molecule has 0 spiro atoms. The summed E-state index contributed by atoms with van der Waals surface area (Å²) in [6.07, 6.45) is 5.63. The number of carbonyl (C=O) groups excluding carboxylic acids is 1. The molecule has 26 heavy (non-hydrogen) atoms. The van der Waals surface area contributed by atoms with Crippen molar-refractivity contribution < 1.29 is 4.79 Å². The van der Waals surface area contributed by atoms with E-state index < -0.39 is 11.5 Å². The molecule has 0 fully saturated rings. The van der Waals surface area contributed by atoms with Crippen molar-refractivity contribution in [3.8, 4) is 5.69 Å². The number of hydrogen-bond donors (Lipinski definition) is 2. The Morgan fingerprint density at radius 3 is 2.77 bits per heavy atom. The first-order valence-electron chi connectivity index (χ1n) is 7.80. The number of amides is 1. The summed E-state index contributed by atoms with van der Waals surface area (Å²) in [7, 11) is 0. The molecule has 1 aromatic carbocycles. The van der Waals surface area contributed by atoms with Crippen molar-refractivity contribution in [2.75, 3.05) is 0 Å². The lowest BCUT2D eigenvalue weighted by molar-refractivity contribution is 0.0937. The molecule has 0 aliphatic carbocycles. The summed E-state index contributed by atoms with van der Waals surface area (Å²) in [6, 6.07) is 7.21. The van der Waals surface area contributed by atoms with Crippen molar-refractivity contribution in [2.24, 2.45) is 0 Å². The van der Waals surface area contributed by atoms with Gasteiger partial charge in [-0.25, -0.2) is 19.6 Å². The molecule has 2 N–H and O–H groups in total. The molecule has 0 aliphatic heterocycles. The number of nitrogens with one attached hydrogen (secondary N) is 2. The number of rotatable bonds is 4. The molecule has 0 bridgehead atoms. The number of fused-ring (bicyclic) bond motifs is 1. The van der Waals surface area contributed by atoms with Gasteiger partial charge in [-0.1, -0.05) is 12.1 Å². The molecule has 4 rings (SSSR count). The molecule has 10 heteroatoms. The van der Waals surface area contributed by atoms with Crippen LogP contribution in [0.25, 0.3) is 11.5 Å². The molecular formula is C16H14N8O2. The van der Waals surface area contributed by atoms with Gasteiger partial charge >= 0.3 is 0 Å². The lowest BCUT2D eigenvalue weighted by Crippen LogP contribution is -2.33. The van der Waals surface area contributed by atoms with Crippen LogP contribution in [0.15, 0.2) is 54.2 Å². The number of aromatic nitrogens is 7. The Morgan fingerprint density at radius 1 is 1.23 bits per heavy atom. The van der Waals surface area contributed by atoms with Crippen molar-refractivity contribution in [3.05, 3.63) is 70.9 Å². The minimum absolute atomic E-state index is 0.0576. The fourth-order valence-corrected chi connectivity index (χ4v) is 2.57. The van der Waals surface area contributed by atoms with Gasteiger partial charge in [-0.05, 0) is 24.6 Å². The van der Waals surface area contributed by atoms with E-state index in [4.69, 9.17) is 0 Å². The predicted octanol–water partition coefficient (Wildman–Crippen LogP) is 0.489. The second kappa shape index (κ2) is 6.24. The molecule has 3 aromatic heterocycles. The van der Waals surface area contributed by atoms with Crippen LogP contribution in [-0.2, 0) is 0 Å². The lowest BCUT2D eigenvalue weighted by Gasteiger charge is -2.14. The number of aromatic amines is 1. The quantitative estimate of drug-likeness (QED) is 0.552. The average Bonchev–Trinajstić information content (AvgIpc) is 3.34. The van der Waals surface area contributed by atoms with E-state index in [9.17, 15) is 9.59 Å². The summed E-state index contributed by atoms with van der Waals surface area (Å²) in [5.41, 5.74) is 1.19. The molecule has 4 aromatic rings. The van der Waals surface area contributed by atoms with Gasteiger partial charge in [0.15, 0.2) is 0 Å². The Labute approximate surface area is 146 Å². The van der Waals surface area contributed by atoms with Gasteiger partial charge in [-0.2, -0.15) is 9.61 Å². The SMILES string of the molecule is C[C@@H](NC(=O)c1cnc2nc[nH]n2c1=O)c1ccc(-n2cncn2)cc1. The van der Waals surface area contributed by atoms with Crippen LogP contribution in [-0.4, -0.2) is 40.3 Å². The molecule has 3 heterocycles. The van der Waals surface area contributed by atoms with E-state index in [2.05, 4.69) is 30.5 Å². The summed E-state index contributed by atoms with van der Waals surface area (Å²) in [5, 5.41) is 9.49. The van der Waals surface area contributed by atoms with Crippen LogP contribution in [0.3, 0.4) is 0 Å². The lowest BCUT2D eigenvalue weighted by atomic mass is 10.1. The molecule has 0 unspecified atom stereocenters. The van der Waals surface area contributed by atoms with E-state index in [0.717, 1.165) is 15.8 Å². The van der Waals surface area contributed by atoms with E-state index >= 15 is 0 Å². The maximum atomic E-state index is 12.4. The van der Waals surface area contributed by atoms with Crippen molar-refractivity contribution in [1.82, 2.24) is 39.7 Å². The van der Waals surface area contributed by atoms with Crippen molar-refractivity contribution in [2.45, 2.75) is 13.0 Å². The number of H-pyrrole nitrogens is 1. The normalized spacial score (nSPS) is 12.2. The highest BCUT2D eigenvalue weighted by Gasteiger charge is 2.17. The van der Waals surface area contributed by atoms with Gasteiger partial charge < -0.3 is 5.32 Å². The van der Waals surface area contributed by atoms with E-state index in [1.54, 1.807) is 11.0 Å². The zero-order valence-electron chi connectivity index (χ0n) is 13.7. The summed E-state index contributed by atoms with van der Waals surface area (Å²) in [5.74, 6) is -0.289. The van der Waals surface area contributed by atoms with Crippen LogP contribution in [0, 0.1) is 0 Å². The first kappa shape index (κ1) is 15.7. The Kier molecular flexibility index (Phi) is 3.77. The van der Waals surface area contributed by atoms with Gasteiger partial charge in [-0.15, -0.1) is 0 Å². The Hall–Kier alpha value is -3.82. The second-order valence-electron chi connectivity index (χ2n) is 5.63. The summed E-state index contributed by atoms with van der Waals surface area (Å²) < 4.78 is 2.76. The highest BCUT2D eigenvalue weighted by molar-refractivity contribution is 5.93. The number of hydrogen-bond acceptors (Lipinski definition) is 6. The van der Waals surface area contributed by atoms with E-state index in [0.29, 0.717) is 0 Å². The minimum atomic E-state index is -0.501. The third-order valence-electron chi connectivity index (χ3n) is 3.98. The fourth-order valence-electron chi connectivity index (χ4n) is 2.57. The van der Waals surface area contributed by atoms with Crippen molar-refractivity contribution in [1.29, 1.82) is 0 Å². The van der Waals surface area contributed by atoms with E-state index in [1.807, 2.05) is 31.2 Å². The topological polar surface area (TPSA) is 123 Å². The minimum Gasteiger partial charge on any atom is -0.345 e. The number of benzene rings is 1. The van der Waals surface area contributed by atoms with Crippen LogP contribution < -0.4 is 10.9 Å². The van der Waals surface area contributed by atoms with Crippen molar-refractivity contribution in [3.63, 3.8) is 0 Å². The Bertz CT molecular complexity index is 1110. The molecular weight excluding hydrogens is 336 g/mol. The summed E-state index contributed by atoms with van der Waals surface area (Å²) in [4.78, 5) is 36.5. The molecule has 1 amide bonds. The molecule has 130 valence electrons. The van der Waals surface area contributed by atoms with Crippen LogP contribution >= 0.6 is 0 Å². The highest BCUT2D eigenvalue weighted by atomic mass is 16.2. The highest BCUT2D eigenvalue weighted by Crippen LogP contribution is 2.15.